The van der Waals surface area contributed by atoms with Crippen LogP contribution in [0.3, 0.4) is 0 Å². The number of amides is 1. The number of carbonyl (C=O) groups excluding carboxylic acids is 1. The molecular weight excluding hydrogens is 334 g/mol. The van der Waals surface area contributed by atoms with E-state index in [1.807, 2.05) is 24.3 Å². The molecular formula is C19H23N3O4. The molecule has 1 saturated carbocycles. The van der Waals surface area contributed by atoms with E-state index in [0.29, 0.717) is 18.9 Å². The SMILES string of the molecule is O=C(N[C@@H]1CC[C@H](C(=O)O)C1)C1CCN(c2nc3ccccc3o2)CC1. The van der Waals surface area contributed by atoms with Crippen molar-refractivity contribution in [2.45, 2.75) is 38.1 Å². The van der Waals surface area contributed by atoms with Gasteiger partial charge in [0.25, 0.3) is 6.01 Å². The van der Waals surface area contributed by atoms with Gasteiger partial charge < -0.3 is 19.7 Å². The Bertz CT molecular complexity index is 777. The number of rotatable bonds is 4. The molecule has 0 unspecified atom stereocenters. The lowest BCUT2D eigenvalue weighted by Gasteiger charge is -2.30. The molecule has 4 rings (SSSR count). The number of carboxylic acids is 1. The van der Waals surface area contributed by atoms with Gasteiger partial charge in [0.1, 0.15) is 5.52 Å². The van der Waals surface area contributed by atoms with E-state index >= 15 is 0 Å². The van der Waals surface area contributed by atoms with Gasteiger partial charge in [0.15, 0.2) is 5.58 Å². The van der Waals surface area contributed by atoms with Gasteiger partial charge in [0.05, 0.1) is 5.92 Å². The minimum absolute atomic E-state index is 0.00123. The van der Waals surface area contributed by atoms with Crippen LogP contribution in [0, 0.1) is 11.8 Å². The van der Waals surface area contributed by atoms with E-state index in [1.165, 1.54) is 0 Å². The van der Waals surface area contributed by atoms with Crippen LogP contribution < -0.4 is 10.2 Å². The molecule has 2 atom stereocenters. The minimum atomic E-state index is -0.756. The van der Waals surface area contributed by atoms with E-state index in [2.05, 4.69) is 15.2 Å². The van der Waals surface area contributed by atoms with E-state index in [0.717, 1.165) is 43.5 Å². The first kappa shape index (κ1) is 16.9. The minimum Gasteiger partial charge on any atom is -0.481 e. The molecule has 1 saturated heterocycles. The molecule has 7 heteroatoms. The number of nitrogens with zero attached hydrogens (tertiary/aromatic N) is 2. The zero-order valence-electron chi connectivity index (χ0n) is 14.6. The Morgan fingerprint density at radius 3 is 2.58 bits per heavy atom. The highest BCUT2D eigenvalue weighted by Gasteiger charge is 2.33. The van der Waals surface area contributed by atoms with Crippen LogP contribution in [0.5, 0.6) is 0 Å². The van der Waals surface area contributed by atoms with Crippen LogP contribution >= 0.6 is 0 Å². The maximum atomic E-state index is 12.5. The first-order valence-electron chi connectivity index (χ1n) is 9.24. The second kappa shape index (κ2) is 6.97. The van der Waals surface area contributed by atoms with Gasteiger partial charge >= 0.3 is 5.97 Å². The lowest BCUT2D eigenvalue weighted by molar-refractivity contribution is -0.141. The normalized spacial score (nSPS) is 24.1. The number of nitrogens with one attached hydrogen (secondary N) is 1. The van der Waals surface area contributed by atoms with Gasteiger partial charge in [-0.15, -0.1) is 0 Å². The summed E-state index contributed by atoms with van der Waals surface area (Å²) in [5.41, 5.74) is 1.62. The van der Waals surface area contributed by atoms with Crippen molar-refractivity contribution in [1.82, 2.24) is 10.3 Å². The molecule has 0 bridgehead atoms. The van der Waals surface area contributed by atoms with Crippen LogP contribution in [-0.4, -0.2) is 41.1 Å². The van der Waals surface area contributed by atoms with Crippen molar-refractivity contribution in [2.24, 2.45) is 11.8 Å². The second-order valence-corrected chi connectivity index (χ2v) is 7.28. The number of hydrogen-bond acceptors (Lipinski definition) is 5. The molecule has 1 aliphatic heterocycles. The number of hydrogen-bond donors (Lipinski definition) is 2. The van der Waals surface area contributed by atoms with Crippen LogP contribution in [0.4, 0.5) is 6.01 Å². The average Bonchev–Trinajstić information content (AvgIpc) is 3.28. The number of aromatic nitrogens is 1. The van der Waals surface area contributed by atoms with Crippen LogP contribution in [0.15, 0.2) is 28.7 Å². The third kappa shape index (κ3) is 3.38. The fourth-order valence-corrected chi connectivity index (χ4v) is 3.98. The van der Waals surface area contributed by atoms with Gasteiger partial charge in [-0.25, -0.2) is 0 Å². The van der Waals surface area contributed by atoms with Crippen molar-refractivity contribution in [2.75, 3.05) is 18.0 Å². The summed E-state index contributed by atoms with van der Waals surface area (Å²) in [4.78, 5) is 30.1. The van der Waals surface area contributed by atoms with Gasteiger partial charge in [-0.2, -0.15) is 4.98 Å². The summed E-state index contributed by atoms with van der Waals surface area (Å²) >= 11 is 0. The van der Waals surface area contributed by atoms with E-state index in [9.17, 15) is 9.59 Å². The highest BCUT2D eigenvalue weighted by Crippen LogP contribution is 2.28. The highest BCUT2D eigenvalue weighted by atomic mass is 16.4. The summed E-state index contributed by atoms with van der Waals surface area (Å²) in [5, 5.41) is 12.1. The van der Waals surface area contributed by atoms with Gasteiger partial charge in [0.2, 0.25) is 5.91 Å². The molecule has 26 heavy (non-hydrogen) atoms. The monoisotopic (exact) mass is 357 g/mol. The predicted octanol–water partition coefficient (Wildman–Crippen LogP) is 2.41. The van der Waals surface area contributed by atoms with Gasteiger partial charge in [-0.1, -0.05) is 12.1 Å². The second-order valence-electron chi connectivity index (χ2n) is 7.28. The summed E-state index contributed by atoms with van der Waals surface area (Å²) in [6.07, 6.45) is 3.45. The van der Waals surface area contributed by atoms with Crippen LogP contribution in [0.2, 0.25) is 0 Å². The Morgan fingerprint density at radius 2 is 1.88 bits per heavy atom. The summed E-state index contributed by atoms with van der Waals surface area (Å²) in [6, 6.07) is 8.30. The number of benzene rings is 1. The Morgan fingerprint density at radius 1 is 1.12 bits per heavy atom. The van der Waals surface area contributed by atoms with Gasteiger partial charge in [0, 0.05) is 25.0 Å². The molecule has 7 nitrogen and oxygen atoms in total. The van der Waals surface area contributed by atoms with Crippen molar-refractivity contribution in [3.63, 3.8) is 0 Å². The van der Waals surface area contributed by atoms with Crippen molar-refractivity contribution in [3.8, 4) is 0 Å². The third-order valence-electron chi connectivity index (χ3n) is 5.55. The van der Waals surface area contributed by atoms with Gasteiger partial charge in [-0.3, -0.25) is 9.59 Å². The zero-order valence-corrected chi connectivity index (χ0v) is 14.6. The van der Waals surface area contributed by atoms with Gasteiger partial charge in [-0.05, 0) is 44.2 Å². The molecule has 2 heterocycles. The maximum absolute atomic E-state index is 12.5. The average molecular weight is 357 g/mol. The maximum Gasteiger partial charge on any atom is 0.306 e. The van der Waals surface area contributed by atoms with Crippen LogP contribution in [0.1, 0.15) is 32.1 Å². The number of aliphatic carboxylic acids is 1. The molecule has 1 aromatic carbocycles. The van der Waals surface area contributed by atoms with Crippen LogP contribution in [-0.2, 0) is 9.59 Å². The smallest absolute Gasteiger partial charge is 0.306 e. The summed E-state index contributed by atoms with van der Waals surface area (Å²) in [6.45, 7) is 1.46. The topological polar surface area (TPSA) is 95.7 Å². The molecule has 1 aliphatic carbocycles. The number of oxazole rings is 1. The fraction of sp³-hybridized carbons (Fsp3) is 0.526. The Kier molecular flexibility index (Phi) is 4.53. The predicted molar refractivity (Wildman–Crippen MR) is 95.9 cm³/mol. The largest absolute Gasteiger partial charge is 0.481 e. The number of anilines is 1. The number of carboxylic acid groups (broad SMARTS) is 1. The first-order chi connectivity index (χ1) is 12.6. The first-order valence-corrected chi connectivity index (χ1v) is 9.24. The third-order valence-corrected chi connectivity index (χ3v) is 5.55. The van der Waals surface area contributed by atoms with Crippen molar-refractivity contribution >= 4 is 29.0 Å². The Hall–Kier alpha value is -2.57. The van der Waals surface area contributed by atoms with Crippen molar-refractivity contribution < 1.29 is 19.1 Å². The number of para-hydroxylation sites is 2. The zero-order chi connectivity index (χ0) is 18.1. The van der Waals surface area contributed by atoms with Crippen LogP contribution in [0.25, 0.3) is 11.1 Å². The number of carbonyl (C=O) groups is 2. The molecule has 2 aliphatic rings. The quantitative estimate of drug-likeness (QED) is 0.872. The highest BCUT2D eigenvalue weighted by molar-refractivity contribution is 5.80. The number of piperidine rings is 1. The van der Waals surface area contributed by atoms with E-state index in [4.69, 9.17) is 9.52 Å². The molecule has 2 N–H and O–H groups in total. The lowest BCUT2D eigenvalue weighted by atomic mass is 9.95. The molecule has 1 amide bonds. The van der Waals surface area contributed by atoms with E-state index in [1.54, 1.807) is 0 Å². The van der Waals surface area contributed by atoms with E-state index in [-0.39, 0.29) is 23.8 Å². The summed E-state index contributed by atoms with van der Waals surface area (Å²) in [5.74, 6) is -1.05. The fourth-order valence-electron chi connectivity index (χ4n) is 3.98. The van der Waals surface area contributed by atoms with Crippen molar-refractivity contribution in [1.29, 1.82) is 0 Å². The molecule has 0 spiro atoms. The standard InChI is InChI=1S/C19H23N3O4/c23-17(20-14-6-5-13(11-14)18(24)25)12-7-9-22(10-8-12)19-21-15-3-1-2-4-16(15)26-19/h1-4,12-14H,5-11H2,(H,20,23)(H,24,25)/t13-,14+/m0/s1. The Labute approximate surface area is 151 Å². The summed E-state index contributed by atoms with van der Waals surface area (Å²) in [7, 11) is 0. The van der Waals surface area contributed by atoms with E-state index < -0.39 is 5.97 Å². The number of fused-ring (bicyclic) bond motifs is 1. The summed E-state index contributed by atoms with van der Waals surface area (Å²) < 4.78 is 5.80. The molecule has 1 aromatic heterocycles. The lowest BCUT2D eigenvalue weighted by Crippen LogP contribution is -2.43. The van der Waals surface area contributed by atoms with Crippen molar-refractivity contribution in [3.05, 3.63) is 24.3 Å². The molecule has 0 radical (unpaired) electrons. The Balaban J connectivity index is 1.30. The molecule has 138 valence electrons. The molecule has 2 fully saturated rings. The molecule has 2 aromatic rings.